The van der Waals surface area contributed by atoms with E-state index in [2.05, 4.69) is 22.8 Å². The first-order chi connectivity index (χ1) is 13.9. The Morgan fingerprint density at radius 1 is 1.07 bits per heavy atom. The number of aryl methyl sites for hydroxylation is 3. The molecule has 5 nitrogen and oxygen atoms in total. The number of nitrogens with one attached hydrogen (secondary N) is 2. The van der Waals surface area contributed by atoms with Gasteiger partial charge in [-0.1, -0.05) is 6.07 Å². The van der Waals surface area contributed by atoms with Gasteiger partial charge in [0.1, 0.15) is 6.04 Å². The average Bonchev–Trinajstić information content (AvgIpc) is 3.47. The lowest BCUT2D eigenvalue weighted by atomic mass is 10.00. The van der Waals surface area contributed by atoms with Gasteiger partial charge in [0.15, 0.2) is 0 Å². The summed E-state index contributed by atoms with van der Waals surface area (Å²) in [5.41, 5.74) is 6.19. The van der Waals surface area contributed by atoms with E-state index < -0.39 is 0 Å². The lowest BCUT2D eigenvalue weighted by molar-refractivity contribution is -0.119. The number of benzene rings is 2. The van der Waals surface area contributed by atoms with Crippen LogP contribution in [0.2, 0.25) is 0 Å². The summed E-state index contributed by atoms with van der Waals surface area (Å²) in [5, 5.41) is 6.30. The van der Waals surface area contributed by atoms with Gasteiger partial charge in [0.2, 0.25) is 11.8 Å². The van der Waals surface area contributed by atoms with Crippen LogP contribution in [0.1, 0.15) is 42.9 Å². The van der Waals surface area contributed by atoms with Crippen molar-refractivity contribution in [3.63, 3.8) is 0 Å². The maximum Gasteiger partial charge on any atom is 0.246 e. The molecule has 152 valence electrons. The third kappa shape index (κ3) is 4.61. The molecule has 29 heavy (non-hydrogen) atoms. The Kier molecular flexibility index (Phi) is 5.31. The molecule has 4 rings (SSSR count). The molecule has 1 atom stereocenters. The summed E-state index contributed by atoms with van der Waals surface area (Å²) in [4.78, 5) is 26.9. The largest absolute Gasteiger partial charge is 0.374 e. The van der Waals surface area contributed by atoms with Crippen molar-refractivity contribution in [3.8, 4) is 0 Å². The van der Waals surface area contributed by atoms with Crippen molar-refractivity contribution in [3.05, 3.63) is 53.1 Å². The van der Waals surface area contributed by atoms with E-state index in [-0.39, 0.29) is 17.9 Å². The molecular formula is C24H29N3O2. The summed E-state index contributed by atoms with van der Waals surface area (Å²) < 4.78 is 0. The highest BCUT2D eigenvalue weighted by Crippen LogP contribution is 2.36. The van der Waals surface area contributed by atoms with E-state index in [0.29, 0.717) is 12.3 Å². The molecule has 0 saturated heterocycles. The first kappa shape index (κ1) is 19.5. The number of carbonyl (C=O) groups excluding carboxylic acids is 2. The molecule has 2 aliphatic rings. The van der Waals surface area contributed by atoms with Crippen LogP contribution in [0.4, 0.5) is 17.1 Å². The SMILES string of the molecule is Cc1cc(C)cc(NC(=O)C(C)Nc2ccc3c(c2)CCC(=O)N3CC2CC2)c1. The maximum absolute atomic E-state index is 12.6. The molecular weight excluding hydrogens is 362 g/mol. The number of carbonyl (C=O) groups is 2. The van der Waals surface area contributed by atoms with E-state index in [9.17, 15) is 9.59 Å². The van der Waals surface area contributed by atoms with Crippen molar-refractivity contribution in [2.45, 2.75) is 52.5 Å². The van der Waals surface area contributed by atoms with E-state index in [1.54, 1.807) is 0 Å². The topological polar surface area (TPSA) is 61.4 Å². The fourth-order valence-electron chi connectivity index (χ4n) is 4.02. The van der Waals surface area contributed by atoms with E-state index >= 15 is 0 Å². The van der Waals surface area contributed by atoms with Crippen LogP contribution in [0.25, 0.3) is 0 Å². The predicted octanol–water partition coefficient (Wildman–Crippen LogP) is 4.43. The first-order valence-electron chi connectivity index (χ1n) is 10.5. The molecule has 5 heteroatoms. The minimum Gasteiger partial charge on any atom is -0.374 e. The maximum atomic E-state index is 12.6. The number of rotatable bonds is 6. The molecule has 0 spiro atoms. The van der Waals surface area contributed by atoms with Gasteiger partial charge in [-0.25, -0.2) is 0 Å². The van der Waals surface area contributed by atoms with Crippen molar-refractivity contribution in [2.75, 3.05) is 22.1 Å². The lowest BCUT2D eigenvalue weighted by Gasteiger charge is -2.30. The normalized spacial score (nSPS) is 16.9. The van der Waals surface area contributed by atoms with E-state index in [1.807, 2.05) is 49.9 Å². The van der Waals surface area contributed by atoms with Crippen LogP contribution in [-0.4, -0.2) is 24.4 Å². The fourth-order valence-corrected chi connectivity index (χ4v) is 4.02. The number of nitrogens with zero attached hydrogens (tertiary/aromatic N) is 1. The zero-order chi connectivity index (χ0) is 20.5. The zero-order valence-electron chi connectivity index (χ0n) is 17.4. The average molecular weight is 392 g/mol. The highest BCUT2D eigenvalue weighted by atomic mass is 16.2. The standard InChI is InChI=1S/C24H29N3O2/c1-15-10-16(2)12-21(11-15)26-24(29)17(3)25-20-7-8-22-19(13-20)6-9-23(28)27(22)14-18-4-5-18/h7-8,10-13,17-18,25H,4-6,9,14H2,1-3H3,(H,26,29). The Morgan fingerprint density at radius 2 is 1.79 bits per heavy atom. The second-order valence-corrected chi connectivity index (χ2v) is 8.52. The van der Waals surface area contributed by atoms with Crippen LogP contribution >= 0.6 is 0 Å². The van der Waals surface area contributed by atoms with Crippen LogP contribution in [0.3, 0.4) is 0 Å². The van der Waals surface area contributed by atoms with Crippen LogP contribution < -0.4 is 15.5 Å². The summed E-state index contributed by atoms with van der Waals surface area (Å²) in [6, 6.07) is 11.7. The van der Waals surface area contributed by atoms with Gasteiger partial charge in [-0.05, 0) is 93.0 Å². The van der Waals surface area contributed by atoms with Crippen LogP contribution in [0.5, 0.6) is 0 Å². The van der Waals surface area contributed by atoms with E-state index in [0.717, 1.165) is 41.2 Å². The Hall–Kier alpha value is -2.82. The van der Waals surface area contributed by atoms with Crippen molar-refractivity contribution in [1.82, 2.24) is 0 Å². The Labute approximate surface area is 172 Å². The van der Waals surface area contributed by atoms with Crippen molar-refractivity contribution in [2.24, 2.45) is 5.92 Å². The molecule has 1 unspecified atom stereocenters. The number of hydrogen-bond donors (Lipinski definition) is 2. The fraction of sp³-hybridized carbons (Fsp3) is 0.417. The van der Waals surface area contributed by atoms with E-state index in [1.165, 1.54) is 18.4 Å². The smallest absolute Gasteiger partial charge is 0.246 e. The number of amides is 2. The summed E-state index contributed by atoms with van der Waals surface area (Å²) >= 11 is 0. The zero-order valence-corrected chi connectivity index (χ0v) is 17.4. The van der Waals surface area contributed by atoms with Gasteiger partial charge >= 0.3 is 0 Å². The summed E-state index contributed by atoms with van der Waals surface area (Å²) in [5.74, 6) is 0.821. The van der Waals surface area contributed by atoms with Crippen LogP contribution in [0.15, 0.2) is 36.4 Å². The minimum atomic E-state index is -0.373. The van der Waals surface area contributed by atoms with E-state index in [4.69, 9.17) is 0 Å². The minimum absolute atomic E-state index is 0.0711. The van der Waals surface area contributed by atoms with Gasteiger partial charge in [-0.15, -0.1) is 0 Å². The molecule has 0 bridgehead atoms. The quantitative estimate of drug-likeness (QED) is 0.766. The molecule has 2 N–H and O–H groups in total. The Morgan fingerprint density at radius 3 is 2.48 bits per heavy atom. The van der Waals surface area contributed by atoms with Crippen LogP contribution in [-0.2, 0) is 16.0 Å². The Balaban J connectivity index is 1.43. The molecule has 0 radical (unpaired) electrons. The molecule has 1 heterocycles. The third-order valence-corrected chi connectivity index (χ3v) is 5.68. The molecule has 1 aliphatic heterocycles. The molecule has 2 aromatic rings. The third-order valence-electron chi connectivity index (χ3n) is 5.68. The molecule has 1 saturated carbocycles. The summed E-state index contributed by atoms with van der Waals surface area (Å²) in [7, 11) is 0. The predicted molar refractivity (Wildman–Crippen MR) is 117 cm³/mol. The molecule has 1 fully saturated rings. The van der Waals surface area contributed by atoms with Gasteiger partial charge in [0, 0.05) is 30.0 Å². The van der Waals surface area contributed by atoms with Crippen LogP contribution in [0, 0.1) is 19.8 Å². The van der Waals surface area contributed by atoms with Gasteiger partial charge < -0.3 is 15.5 Å². The second-order valence-electron chi connectivity index (χ2n) is 8.52. The van der Waals surface area contributed by atoms with Gasteiger partial charge in [0.05, 0.1) is 0 Å². The lowest BCUT2D eigenvalue weighted by Crippen LogP contribution is -2.37. The molecule has 0 aromatic heterocycles. The van der Waals surface area contributed by atoms with Gasteiger partial charge in [-0.2, -0.15) is 0 Å². The number of fused-ring (bicyclic) bond motifs is 1. The monoisotopic (exact) mass is 391 g/mol. The summed E-state index contributed by atoms with van der Waals surface area (Å²) in [6.07, 6.45) is 3.78. The highest BCUT2D eigenvalue weighted by Gasteiger charge is 2.31. The van der Waals surface area contributed by atoms with Crippen molar-refractivity contribution < 1.29 is 9.59 Å². The van der Waals surface area contributed by atoms with Gasteiger partial charge in [-0.3, -0.25) is 9.59 Å². The first-order valence-corrected chi connectivity index (χ1v) is 10.5. The number of anilines is 3. The van der Waals surface area contributed by atoms with Gasteiger partial charge in [0.25, 0.3) is 0 Å². The Bertz CT molecular complexity index is 929. The van der Waals surface area contributed by atoms with Crippen molar-refractivity contribution >= 4 is 28.9 Å². The molecule has 2 aromatic carbocycles. The molecule has 2 amide bonds. The van der Waals surface area contributed by atoms with Crippen molar-refractivity contribution in [1.29, 1.82) is 0 Å². The highest BCUT2D eigenvalue weighted by molar-refractivity contribution is 5.98. The molecule has 1 aliphatic carbocycles. The second kappa shape index (κ2) is 7.90. The summed E-state index contributed by atoms with van der Waals surface area (Å²) in [6.45, 7) is 6.75. The number of hydrogen-bond acceptors (Lipinski definition) is 3.